The lowest BCUT2D eigenvalue weighted by Gasteiger charge is -2.33. The van der Waals surface area contributed by atoms with Gasteiger partial charge in [0.15, 0.2) is 0 Å². The third-order valence-electron chi connectivity index (χ3n) is 3.40. The molecular formula is C13H27N3O2. The summed E-state index contributed by atoms with van der Waals surface area (Å²) in [5, 5.41) is 0. The number of carbonyl (C=O) groups excluding carboxylic acids is 1. The summed E-state index contributed by atoms with van der Waals surface area (Å²) in [5.41, 5.74) is 0. The standard InChI is InChI=1S/C13H27N3O2/c1-4-18-13(17)5-6-14(2)7-10-16-11-8-15(3)9-12-16/h4-12H2,1-3H3. The van der Waals surface area contributed by atoms with Gasteiger partial charge in [-0.05, 0) is 21.0 Å². The maximum atomic E-state index is 11.2. The van der Waals surface area contributed by atoms with Gasteiger partial charge in [0.2, 0.25) is 0 Å². The van der Waals surface area contributed by atoms with Crippen molar-refractivity contribution in [2.45, 2.75) is 13.3 Å². The molecule has 106 valence electrons. The highest BCUT2D eigenvalue weighted by Crippen LogP contribution is 1.99. The van der Waals surface area contributed by atoms with Crippen LogP contribution < -0.4 is 0 Å². The van der Waals surface area contributed by atoms with Crippen molar-refractivity contribution in [3.8, 4) is 0 Å². The molecule has 1 heterocycles. The summed E-state index contributed by atoms with van der Waals surface area (Å²) in [6.45, 7) is 9.84. The van der Waals surface area contributed by atoms with Gasteiger partial charge in [-0.25, -0.2) is 0 Å². The van der Waals surface area contributed by atoms with Crippen molar-refractivity contribution in [1.29, 1.82) is 0 Å². The average Bonchev–Trinajstić information content (AvgIpc) is 2.36. The van der Waals surface area contributed by atoms with Crippen LogP contribution in [0.1, 0.15) is 13.3 Å². The highest BCUT2D eigenvalue weighted by Gasteiger charge is 2.14. The first-order chi connectivity index (χ1) is 8.61. The Morgan fingerprint density at radius 1 is 1.22 bits per heavy atom. The van der Waals surface area contributed by atoms with Crippen molar-refractivity contribution in [3.05, 3.63) is 0 Å². The first-order valence-corrected chi connectivity index (χ1v) is 6.87. The van der Waals surface area contributed by atoms with Gasteiger partial charge < -0.3 is 14.5 Å². The summed E-state index contributed by atoms with van der Waals surface area (Å²) in [6.07, 6.45) is 0.493. The van der Waals surface area contributed by atoms with Crippen molar-refractivity contribution < 1.29 is 9.53 Å². The Morgan fingerprint density at radius 2 is 1.89 bits per heavy atom. The largest absolute Gasteiger partial charge is 0.466 e. The van der Waals surface area contributed by atoms with E-state index in [1.165, 1.54) is 0 Å². The van der Waals surface area contributed by atoms with Crippen molar-refractivity contribution >= 4 is 5.97 Å². The van der Waals surface area contributed by atoms with Crippen LogP contribution in [0.5, 0.6) is 0 Å². The highest BCUT2D eigenvalue weighted by molar-refractivity contribution is 5.69. The Kier molecular flexibility index (Phi) is 7.23. The first kappa shape index (κ1) is 15.4. The van der Waals surface area contributed by atoms with Crippen LogP contribution in [0.2, 0.25) is 0 Å². The number of ether oxygens (including phenoxy) is 1. The zero-order chi connectivity index (χ0) is 13.4. The molecule has 0 spiro atoms. The third kappa shape index (κ3) is 6.33. The van der Waals surface area contributed by atoms with Gasteiger partial charge in [0.05, 0.1) is 13.0 Å². The van der Waals surface area contributed by atoms with Crippen molar-refractivity contribution in [3.63, 3.8) is 0 Å². The van der Waals surface area contributed by atoms with Gasteiger partial charge >= 0.3 is 5.97 Å². The Hall–Kier alpha value is -0.650. The topological polar surface area (TPSA) is 36.0 Å². The van der Waals surface area contributed by atoms with Gasteiger partial charge in [0.1, 0.15) is 0 Å². The van der Waals surface area contributed by atoms with Gasteiger partial charge in [-0.15, -0.1) is 0 Å². The molecule has 0 atom stereocenters. The number of rotatable bonds is 7. The SMILES string of the molecule is CCOC(=O)CCN(C)CCN1CCN(C)CC1. The number of hydrogen-bond acceptors (Lipinski definition) is 5. The lowest BCUT2D eigenvalue weighted by molar-refractivity contribution is -0.143. The number of hydrogen-bond donors (Lipinski definition) is 0. The van der Waals surface area contributed by atoms with Crippen LogP contribution in [0, 0.1) is 0 Å². The van der Waals surface area contributed by atoms with E-state index in [1.54, 1.807) is 0 Å². The van der Waals surface area contributed by atoms with E-state index in [-0.39, 0.29) is 5.97 Å². The maximum Gasteiger partial charge on any atom is 0.307 e. The number of piperazine rings is 1. The molecule has 0 unspecified atom stereocenters. The van der Waals surface area contributed by atoms with Gasteiger partial charge in [-0.1, -0.05) is 0 Å². The Bertz CT molecular complexity index is 240. The highest BCUT2D eigenvalue weighted by atomic mass is 16.5. The fourth-order valence-electron chi connectivity index (χ4n) is 2.01. The summed E-state index contributed by atoms with van der Waals surface area (Å²) in [6, 6.07) is 0. The molecule has 18 heavy (non-hydrogen) atoms. The second kappa shape index (κ2) is 8.45. The molecule has 0 saturated carbocycles. The smallest absolute Gasteiger partial charge is 0.307 e. The van der Waals surface area contributed by atoms with Gasteiger partial charge in [-0.2, -0.15) is 0 Å². The molecule has 0 N–H and O–H groups in total. The third-order valence-corrected chi connectivity index (χ3v) is 3.40. The zero-order valence-electron chi connectivity index (χ0n) is 12.0. The molecule has 0 aliphatic carbocycles. The minimum Gasteiger partial charge on any atom is -0.466 e. The van der Waals surface area contributed by atoms with Crippen LogP contribution in [0.3, 0.4) is 0 Å². The monoisotopic (exact) mass is 257 g/mol. The van der Waals surface area contributed by atoms with E-state index in [0.717, 1.165) is 45.8 Å². The van der Waals surface area contributed by atoms with Crippen LogP contribution in [0.15, 0.2) is 0 Å². The molecule has 0 amide bonds. The summed E-state index contributed by atoms with van der Waals surface area (Å²) in [7, 11) is 4.23. The van der Waals surface area contributed by atoms with Crippen LogP contribution in [0.4, 0.5) is 0 Å². The molecule has 5 heteroatoms. The minimum absolute atomic E-state index is 0.0936. The van der Waals surface area contributed by atoms with E-state index < -0.39 is 0 Å². The number of nitrogens with zero attached hydrogens (tertiary/aromatic N) is 3. The predicted molar refractivity (Wildman–Crippen MR) is 72.7 cm³/mol. The lowest BCUT2D eigenvalue weighted by atomic mass is 10.3. The van der Waals surface area contributed by atoms with E-state index in [2.05, 4.69) is 28.8 Å². The van der Waals surface area contributed by atoms with E-state index >= 15 is 0 Å². The summed E-state index contributed by atoms with van der Waals surface area (Å²) >= 11 is 0. The van der Waals surface area contributed by atoms with E-state index in [4.69, 9.17) is 4.74 Å². The number of carbonyl (C=O) groups is 1. The molecule has 0 aromatic rings. The molecule has 1 aliphatic rings. The molecule has 1 fully saturated rings. The molecule has 1 aliphatic heterocycles. The zero-order valence-corrected chi connectivity index (χ0v) is 12.0. The average molecular weight is 257 g/mol. The second-order valence-electron chi connectivity index (χ2n) is 5.00. The number of esters is 1. The summed E-state index contributed by atoms with van der Waals surface area (Å²) < 4.78 is 4.92. The van der Waals surface area contributed by atoms with Gasteiger partial charge in [0.25, 0.3) is 0 Å². The molecule has 0 radical (unpaired) electrons. The first-order valence-electron chi connectivity index (χ1n) is 6.87. The quantitative estimate of drug-likeness (QED) is 0.605. The Balaban J connectivity index is 2.06. The molecule has 1 rings (SSSR count). The molecule has 1 saturated heterocycles. The van der Waals surface area contributed by atoms with Crippen LogP contribution >= 0.6 is 0 Å². The summed E-state index contributed by atoms with van der Waals surface area (Å²) in [4.78, 5) is 18.3. The van der Waals surface area contributed by atoms with E-state index in [9.17, 15) is 4.79 Å². The second-order valence-corrected chi connectivity index (χ2v) is 5.00. The lowest BCUT2D eigenvalue weighted by Crippen LogP contribution is -2.46. The van der Waals surface area contributed by atoms with E-state index in [1.807, 2.05) is 6.92 Å². The molecule has 0 bridgehead atoms. The molecule has 0 aromatic heterocycles. The van der Waals surface area contributed by atoms with Crippen LogP contribution in [-0.2, 0) is 9.53 Å². The molecule has 0 aromatic carbocycles. The maximum absolute atomic E-state index is 11.2. The van der Waals surface area contributed by atoms with Crippen molar-refractivity contribution in [1.82, 2.24) is 14.7 Å². The number of likely N-dealkylation sites (N-methyl/N-ethyl adjacent to an activating group) is 2. The fraction of sp³-hybridized carbons (Fsp3) is 0.923. The summed E-state index contributed by atoms with van der Waals surface area (Å²) in [5.74, 6) is -0.0936. The van der Waals surface area contributed by atoms with Crippen LogP contribution in [0.25, 0.3) is 0 Å². The predicted octanol–water partition coefficient (Wildman–Crippen LogP) is 0.119. The van der Waals surface area contributed by atoms with E-state index in [0.29, 0.717) is 13.0 Å². The minimum atomic E-state index is -0.0936. The Labute approximate surface area is 111 Å². The molecule has 5 nitrogen and oxygen atoms in total. The van der Waals surface area contributed by atoms with Crippen molar-refractivity contribution in [2.24, 2.45) is 0 Å². The Morgan fingerprint density at radius 3 is 2.50 bits per heavy atom. The molecular weight excluding hydrogens is 230 g/mol. The van der Waals surface area contributed by atoms with Crippen LogP contribution in [-0.4, -0.2) is 87.2 Å². The van der Waals surface area contributed by atoms with Gasteiger partial charge in [0, 0.05) is 45.8 Å². The fourth-order valence-corrected chi connectivity index (χ4v) is 2.01. The normalized spacial score (nSPS) is 18.2. The van der Waals surface area contributed by atoms with Crippen molar-refractivity contribution in [2.75, 3.05) is 66.5 Å². The van der Waals surface area contributed by atoms with Gasteiger partial charge in [-0.3, -0.25) is 9.69 Å².